The van der Waals surface area contributed by atoms with Gasteiger partial charge in [-0.3, -0.25) is 9.52 Å². The van der Waals surface area contributed by atoms with Crippen LogP contribution in [0.3, 0.4) is 0 Å². The first-order valence-corrected chi connectivity index (χ1v) is 11.2. The number of anilines is 1. The number of benzene rings is 3. The second-order valence-electron chi connectivity index (χ2n) is 6.47. The van der Waals surface area contributed by atoms with E-state index < -0.39 is 15.9 Å². The van der Waals surface area contributed by atoms with E-state index >= 15 is 0 Å². The average molecular weight is 442 g/mol. The topological polar surface area (TPSA) is 80.5 Å². The van der Waals surface area contributed by atoms with E-state index in [4.69, 9.17) is 0 Å². The van der Waals surface area contributed by atoms with E-state index in [1.807, 2.05) is 0 Å². The monoisotopic (exact) mass is 441 g/mol. The fourth-order valence-electron chi connectivity index (χ4n) is 2.86. The average Bonchev–Trinajstić information content (AvgIpc) is 3.03. The smallest absolute Gasteiger partial charge is 0.279 e. The Bertz CT molecular complexity index is 1410. The largest absolute Gasteiger partial charge is 0.319 e. The van der Waals surface area contributed by atoms with E-state index in [0.717, 1.165) is 5.52 Å². The van der Waals surface area contributed by atoms with Crippen molar-refractivity contribution in [2.45, 2.75) is 4.90 Å². The number of amides is 1. The van der Waals surface area contributed by atoms with Crippen LogP contribution >= 0.6 is 11.3 Å². The number of sulfonamides is 1. The van der Waals surface area contributed by atoms with E-state index in [0.29, 0.717) is 20.8 Å². The summed E-state index contributed by atoms with van der Waals surface area (Å²) in [6.45, 7) is 0. The van der Waals surface area contributed by atoms with Gasteiger partial charge in [0.25, 0.3) is 15.9 Å². The van der Waals surface area contributed by atoms with E-state index in [1.54, 1.807) is 35.9 Å². The summed E-state index contributed by atoms with van der Waals surface area (Å²) in [6, 6.07) is 18.4. The highest BCUT2D eigenvalue weighted by Crippen LogP contribution is 2.19. The molecule has 0 saturated heterocycles. The summed E-state index contributed by atoms with van der Waals surface area (Å²) in [5.41, 5.74) is 1.42. The molecule has 0 aliphatic heterocycles. The molecule has 6 nitrogen and oxygen atoms in total. The van der Waals surface area contributed by atoms with Crippen LogP contribution in [0.15, 0.2) is 82.7 Å². The van der Waals surface area contributed by atoms with Crippen molar-refractivity contribution in [3.8, 4) is 0 Å². The van der Waals surface area contributed by atoms with Crippen molar-refractivity contribution in [3.05, 3.63) is 89.0 Å². The summed E-state index contributed by atoms with van der Waals surface area (Å²) in [4.78, 5) is 17.3. The number of aryl methyl sites for hydroxylation is 1. The molecular formula is C21H16FN3O3S2. The van der Waals surface area contributed by atoms with E-state index in [1.165, 1.54) is 59.9 Å². The van der Waals surface area contributed by atoms with Gasteiger partial charge >= 0.3 is 0 Å². The molecule has 0 spiro atoms. The van der Waals surface area contributed by atoms with Crippen molar-refractivity contribution in [1.82, 2.24) is 4.57 Å². The first-order valence-electron chi connectivity index (χ1n) is 8.85. The number of carbonyl (C=O) groups is 1. The highest BCUT2D eigenvalue weighted by Gasteiger charge is 2.14. The molecule has 4 rings (SSSR count). The fraction of sp³-hybridized carbons (Fsp3) is 0.0476. The fourth-order valence-corrected chi connectivity index (χ4v) is 4.98. The Morgan fingerprint density at radius 1 is 1.03 bits per heavy atom. The number of carbonyl (C=O) groups excluding carboxylic acids is 1. The Morgan fingerprint density at radius 2 is 1.73 bits per heavy atom. The molecule has 152 valence electrons. The van der Waals surface area contributed by atoms with Crippen molar-refractivity contribution in [2.24, 2.45) is 12.0 Å². The van der Waals surface area contributed by atoms with Gasteiger partial charge in [0.2, 0.25) is 0 Å². The van der Waals surface area contributed by atoms with Crippen LogP contribution in [0.4, 0.5) is 10.1 Å². The molecule has 0 fully saturated rings. The molecule has 0 bridgehead atoms. The maximum atomic E-state index is 13.4. The molecule has 1 N–H and O–H groups in total. The van der Waals surface area contributed by atoms with Crippen molar-refractivity contribution in [1.29, 1.82) is 0 Å². The van der Waals surface area contributed by atoms with Crippen LogP contribution in [0.2, 0.25) is 0 Å². The molecule has 3 aromatic carbocycles. The van der Waals surface area contributed by atoms with E-state index in [-0.39, 0.29) is 10.7 Å². The van der Waals surface area contributed by atoms with Crippen LogP contribution in [-0.2, 0) is 17.1 Å². The van der Waals surface area contributed by atoms with Crippen molar-refractivity contribution in [3.63, 3.8) is 0 Å². The molecule has 0 aliphatic carbocycles. The molecule has 0 aliphatic rings. The molecule has 0 atom stereocenters. The highest BCUT2D eigenvalue weighted by atomic mass is 32.2. The molecular weight excluding hydrogens is 425 g/mol. The zero-order chi connectivity index (χ0) is 21.3. The number of fused-ring (bicyclic) bond motifs is 1. The van der Waals surface area contributed by atoms with Crippen LogP contribution in [0.1, 0.15) is 10.4 Å². The van der Waals surface area contributed by atoms with E-state index in [2.05, 4.69) is 9.71 Å². The standard InChI is InChI=1S/C21H16FN3O3S2/c1-25-18-12-9-15(22)13-19(18)29-21(25)23-20(26)14-7-10-16(11-8-14)24-30(27,28)17-5-3-2-4-6-17/h2-13,24H,1H3. The summed E-state index contributed by atoms with van der Waals surface area (Å²) in [7, 11) is -1.96. The summed E-state index contributed by atoms with van der Waals surface area (Å²) >= 11 is 1.21. The maximum absolute atomic E-state index is 13.4. The Labute approximate surface area is 176 Å². The minimum absolute atomic E-state index is 0.147. The lowest BCUT2D eigenvalue weighted by atomic mass is 10.2. The number of thiazole rings is 1. The molecule has 9 heteroatoms. The first-order chi connectivity index (χ1) is 14.3. The van der Waals surface area contributed by atoms with Crippen molar-refractivity contribution < 1.29 is 17.6 Å². The third kappa shape index (κ3) is 4.03. The number of halogens is 1. The lowest BCUT2D eigenvalue weighted by Crippen LogP contribution is -2.14. The number of aromatic nitrogens is 1. The Morgan fingerprint density at radius 3 is 2.43 bits per heavy atom. The van der Waals surface area contributed by atoms with Crippen LogP contribution in [0.5, 0.6) is 0 Å². The zero-order valence-electron chi connectivity index (χ0n) is 15.7. The van der Waals surface area contributed by atoms with Gasteiger partial charge in [-0.2, -0.15) is 4.99 Å². The Balaban J connectivity index is 1.58. The minimum atomic E-state index is -3.71. The Kier molecular flexibility index (Phi) is 5.23. The van der Waals surface area contributed by atoms with Gasteiger partial charge in [-0.05, 0) is 54.6 Å². The third-order valence-corrected chi connectivity index (χ3v) is 6.90. The normalized spacial score (nSPS) is 12.3. The molecule has 0 radical (unpaired) electrons. The van der Waals surface area contributed by atoms with Gasteiger partial charge < -0.3 is 4.57 Å². The highest BCUT2D eigenvalue weighted by molar-refractivity contribution is 7.92. The molecule has 1 heterocycles. The summed E-state index contributed by atoms with van der Waals surface area (Å²) in [6.07, 6.45) is 0. The lowest BCUT2D eigenvalue weighted by Gasteiger charge is -2.08. The SMILES string of the molecule is Cn1c(=NC(=O)c2ccc(NS(=O)(=O)c3ccccc3)cc2)sc2cc(F)ccc21. The molecule has 4 aromatic rings. The zero-order valence-corrected chi connectivity index (χ0v) is 17.4. The molecule has 0 saturated carbocycles. The number of nitrogens with zero attached hydrogens (tertiary/aromatic N) is 2. The number of rotatable bonds is 4. The van der Waals surface area contributed by atoms with Gasteiger partial charge in [0.1, 0.15) is 5.82 Å². The van der Waals surface area contributed by atoms with Crippen LogP contribution in [0, 0.1) is 5.82 Å². The van der Waals surface area contributed by atoms with Gasteiger partial charge in [0.15, 0.2) is 4.80 Å². The number of nitrogens with one attached hydrogen (secondary N) is 1. The van der Waals surface area contributed by atoms with Gasteiger partial charge in [0.05, 0.1) is 15.1 Å². The Hall–Kier alpha value is -3.30. The second kappa shape index (κ2) is 7.85. The predicted molar refractivity (Wildman–Crippen MR) is 114 cm³/mol. The van der Waals surface area contributed by atoms with Crippen LogP contribution < -0.4 is 9.52 Å². The first kappa shape index (κ1) is 20.0. The maximum Gasteiger partial charge on any atom is 0.279 e. The van der Waals surface area contributed by atoms with Gasteiger partial charge in [0, 0.05) is 18.3 Å². The minimum Gasteiger partial charge on any atom is -0.319 e. The van der Waals surface area contributed by atoms with Gasteiger partial charge in [-0.15, -0.1) is 0 Å². The molecule has 1 amide bonds. The lowest BCUT2D eigenvalue weighted by molar-refractivity contribution is 0.0998. The second-order valence-corrected chi connectivity index (χ2v) is 9.16. The van der Waals surface area contributed by atoms with Crippen LogP contribution in [0.25, 0.3) is 10.2 Å². The van der Waals surface area contributed by atoms with Crippen LogP contribution in [-0.4, -0.2) is 18.9 Å². The third-order valence-electron chi connectivity index (χ3n) is 4.41. The van der Waals surface area contributed by atoms with Gasteiger partial charge in [-0.1, -0.05) is 29.5 Å². The van der Waals surface area contributed by atoms with Gasteiger partial charge in [-0.25, -0.2) is 12.8 Å². The summed E-state index contributed by atoms with van der Waals surface area (Å²) in [5, 5.41) is 0. The van der Waals surface area contributed by atoms with Crippen molar-refractivity contribution in [2.75, 3.05) is 4.72 Å². The molecule has 1 aromatic heterocycles. The number of hydrogen-bond donors (Lipinski definition) is 1. The molecule has 0 unspecified atom stereocenters. The van der Waals surface area contributed by atoms with E-state index in [9.17, 15) is 17.6 Å². The quantitative estimate of drug-likeness (QED) is 0.521. The molecule has 30 heavy (non-hydrogen) atoms. The number of hydrogen-bond acceptors (Lipinski definition) is 4. The summed E-state index contributed by atoms with van der Waals surface area (Å²) in [5.74, 6) is -0.828. The van der Waals surface area contributed by atoms with Crippen molar-refractivity contribution >= 4 is 43.2 Å². The summed E-state index contributed by atoms with van der Waals surface area (Å²) < 4.78 is 43.1. The predicted octanol–water partition coefficient (Wildman–Crippen LogP) is 3.92.